The molecule has 9 heteroatoms. The van der Waals surface area contributed by atoms with E-state index in [0.29, 0.717) is 25.1 Å². The SMILES string of the molecule is COC(=O)c1cccc(C(=O)N2CCN3C(=O)[C@H](Cc4cccs4)NC(=O)[C@H]3C2)c1. The van der Waals surface area contributed by atoms with E-state index in [1.54, 1.807) is 39.3 Å². The standard InChI is InChI=1S/C21H21N3O5S/c1-29-21(28)14-5-2-4-13(10-14)19(26)23-7-8-24-17(12-23)18(25)22-16(20(24)27)11-15-6-3-9-30-15/h2-6,9-10,16-17H,7-8,11-12H2,1H3,(H,22,25)/t16-,17+/m0/s1. The number of ether oxygens (including phenoxy) is 1. The number of rotatable bonds is 4. The van der Waals surface area contributed by atoms with Gasteiger partial charge in [0, 0.05) is 30.0 Å². The quantitative estimate of drug-likeness (QED) is 0.733. The predicted molar refractivity (Wildman–Crippen MR) is 109 cm³/mol. The maximum Gasteiger partial charge on any atom is 0.337 e. The smallest absolute Gasteiger partial charge is 0.337 e. The molecule has 8 nitrogen and oxygen atoms in total. The first-order valence-corrected chi connectivity index (χ1v) is 10.5. The first kappa shape index (κ1) is 20.1. The van der Waals surface area contributed by atoms with Crippen molar-refractivity contribution in [3.8, 4) is 0 Å². The second-order valence-corrected chi connectivity index (χ2v) is 8.25. The lowest BCUT2D eigenvalue weighted by atomic mass is 10.0. The third-order valence-electron chi connectivity index (χ3n) is 5.38. The molecule has 156 valence electrons. The summed E-state index contributed by atoms with van der Waals surface area (Å²) >= 11 is 1.55. The Bertz CT molecular complexity index is 990. The molecule has 2 saturated heterocycles. The molecule has 2 aromatic rings. The topological polar surface area (TPSA) is 96.0 Å². The van der Waals surface area contributed by atoms with Crippen LogP contribution in [-0.2, 0) is 20.7 Å². The molecule has 0 radical (unpaired) electrons. The lowest BCUT2D eigenvalue weighted by Crippen LogP contribution is -2.70. The van der Waals surface area contributed by atoms with Crippen molar-refractivity contribution in [1.82, 2.24) is 15.1 Å². The van der Waals surface area contributed by atoms with Gasteiger partial charge < -0.3 is 19.9 Å². The van der Waals surface area contributed by atoms with E-state index in [4.69, 9.17) is 4.74 Å². The fraction of sp³-hybridized carbons (Fsp3) is 0.333. The molecule has 1 aromatic carbocycles. The van der Waals surface area contributed by atoms with Crippen LogP contribution in [0.5, 0.6) is 0 Å². The number of hydrogen-bond acceptors (Lipinski definition) is 6. The molecule has 0 aliphatic carbocycles. The van der Waals surface area contributed by atoms with E-state index in [-0.39, 0.29) is 29.8 Å². The van der Waals surface area contributed by atoms with Crippen LogP contribution in [0.4, 0.5) is 0 Å². The summed E-state index contributed by atoms with van der Waals surface area (Å²) in [6.07, 6.45) is 0.467. The van der Waals surface area contributed by atoms with Crippen LogP contribution < -0.4 is 5.32 Å². The van der Waals surface area contributed by atoms with Gasteiger partial charge in [-0.05, 0) is 29.6 Å². The largest absolute Gasteiger partial charge is 0.465 e. The summed E-state index contributed by atoms with van der Waals surface area (Å²) in [5.74, 6) is -1.19. The van der Waals surface area contributed by atoms with Crippen molar-refractivity contribution in [3.05, 3.63) is 57.8 Å². The summed E-state index contributed by atoms with van der Waals surface area (Å²) in [4.78, 5) is 54.4. The highest BCUT2D eigenvalue weighted by Crippen LogP contribution is 2.21. The minimum absolute atomic E-state index is 0.116. The molecule has 2 aliphatic heterocycles. The van der Waals surface area contributed by atoms with E-state index in [1.165, 1.54) is 13.2 Å². The van der Waals surface area contributed by atoms with Crippen molar-refractivity contribution in [2.24, 2.45) is 0 Å². The second kappa shape index (κ2) is 8.27. The summed E-state index contributed by atoms with van der Waals surface area (Å²) in [7, 11) is 1.28. The van der Waals surface area contributed by atoms with Crippen molar-refractivity contribution in [1.29, 1.82) is 0 Å². The summed E-state index contributed by atoms with van der Waals surface area (Å²) in [5.41, 5.74) is 0.619. The summed E-state index contributed by atoms with van der Waals surface area (Å²) in [6.45, 7) is 0.730. The van der Waals surface area contributed by atoms with Crippen molar-refractivity contribution in [3.63, 3.8) is 0 Å². The van der Waals surface area contributed by atoms with Gasteiger partial charge in [0.25, 0.3) is 5.91 Å². The minimum atomic E-state index is -0.710. The molecule has 0 saturated carbocycles. The van der Waals surface area contributed by atoms with Crippen molar-refractivity contribution in [2.75, 3.05) is 26.7 Å². The van der Waals surface area contributed by atoms with Gasteiger partial charge in [0.15, 0.2) is 0 Å². The predicted octanol–water partition coefficient (Wildman–Crippen LogP) is 0.929. The van der Waals surface area contributed by atoms with E-state index in [2.05, 4.69) is 5.32 Å². The highest BCUT2D eigenvalue weighted by atomic mass is 32.1. The van der Waals surface area contributed by atoms with Crippen LogP contribution in [0.1, 0.15) is 25.6 Å². The molecular formula is C21H21N3O5S. The molecule has 30 heavy (non-hydrogen) atoms. The molecule has 4 rings (SSSR count). The minimum Gasteiger partial charge on any atom is -0.465 e. The Balaban J connectivity index is 1.46. The van der Waals surface area contributed by atoms with Crippen LogP contribution in [0.3, 0.4) is 0 Å². The number of fused-ring (bicyclic) bond motifs is 1. The Hall–Kier alpha value is -3.20. The van der Waals surface area contributed by atoms with E-state index in [9.17, 15) is 19.2 Å². The number of benzene rings is 1. The van der Waals surface area contributed by atoms with Gasteiger partial charge in [0.05, 0.1) is 19.2 Å². The number of hydrogen-bond donors (Lipinski definition) is 1. The molecule has 0 unspecified atom stereocenters. The Labute approximate surface area is 177 Å². The maximum absolute atomic E-state index is 12.9. The monoisotopic (exact) mass is 427 g/mol. The number of methoxy groups -OCH3 is 1. The van der Waals surface area contributed by atoms with Gasteiger partial charge >= 0.3 is 5.97 Å². The van der Waals surface area contributed by atoms with Crippen molar-refractivity contribution < 1.29 is 23.9 Å². The van der Waals surface area contributed by atoms with Gasteiger partial charge in [-0.1, -0.05) is 12.1 Å². The number of carbonyl (C=O) groups excluding carboxylic acids is 4. The Kier molecular flexibility index (Phi) is 5.54. The van der Waals surface area contributed by atoms with Crippen LogP contribution in [0, 0.1) is 0 Å². The van der Waals surface area contributed by atoms with Crippen molar-refractivity contribution in [2.45, 2.75) is 18.5 Å². The Morgan fingerprint density at radius 2 is 1.97 bits per heavy atom. The van der Waals surface area contributed by atoms with E-state index >= 15 is 0 Å². The fourth-order valence-electron chi connectivity index (χ4n) is 3.83. The van der Waals surface area contributed by atoms with Gasteiger partial charge in [-0.3, -0.25) is 14.4 Å². The number of carbonyl (C=O) groups is 4. The second-order valence-electron chi connectivity index (χ2n) is 7.22. The third kappa shape index (κ3) is 3.80. The summed E-state index contributed by atoms with van der Waals surface area (Å²) in [6, 6.07) is 8.84. The average Bonchev–Trinajstić information content (AvgIpc) is 3.29. The number of nitrogens with zero attached hydrogens (tertiary/aromatic N) is 2. The number of thiophene rings is 1. The molecule has 2 aliphatic rings. The Morgan fingerprint density at radius 1 is 1.17 bits per heavy atom. The highest BCUT2D eigenvalue weighted by Gasteiger charge is 2.44. The Morgan fingerprint density at radius 3 is 2.70 bits per heavy atom. The van der Waals surface area contributed by atoms with Gasteiger partial charge in [-0.2, -0.15) is 0 Å². The lowest BCUT2D eigenvalue weighted by Gasteiger charge is -2.45. The molecule has 1 aromatic heterocycles. The molecule has 0 spiro atoms. The van der Waals surface area contributed by atoms with E-state index in [0.717, 1.165) is 4.88 Å². The highest BCUT2D eigenvalue weighted by molar-refractivity contribution is 7.09. The number of amides is 3. The molecule has 2 fully saturated rings. The first-order chi connectivity index (χ1) is 14.5. The van der Waals surface area contributed by atoms with Gasteiger partial charge in [-0.25, -0.2) is 4.79 Å². The van der Waals surface area contributed by atoms with Crippen LogP contribution in [-0.4, -0.2) is 72.3 Å². The lowest BCUT2D eigenvalue weighted by molar-refractivity contribution is -0.152. The summed E-state index contributed by atoms with van der Waals surface area (Å²) in [5, 5.41) is 4.75. The zero-order chi connectivity index (χ0) is 21.3. The molecule has 3 amide bonds. The molecular weight excluding hydrogens is 406 g/mol. The molecule has 3 heterocycles. The number of nitrogens with one attached hydrogen (secondary N) is 1. The zero-order valence-corrected chi connectivity index (χ0v) is 17.2. The fourth-order valence-corrected chi connectivity index (χ4v) is 4.59. The molecule has 0 bridgehead atoms. The molecule has 1 N–H and O–H groups in total. The first-order valence-electron chi connectivity index (χ1n) is 9.59. The van der Waals surface area contributed by atoms with E-state index < -0.39 is 18.1 Å². The van der Waals surface area contributed by atoms with Crippen molar-refractivity contribution >= 4 is 35.0 Å². The van der Waals surface area contributed by atoms with Crippen LogP contribution >= 0.6 is 11.3 Å². The zero-order valence-electron chi connectivity index (χ0n) is 16.4. The number of esters is 1. The van der Waals surface area contributed by atoms with E-state index in [1.807, 2.05) is 17.5 Å². The van der Waals surface area contributed by atoms with Gasteiger partial charge in [0.2, 0.25) is 11.8 Å². The molecule has 2 atom stereocenters. The summed E-state index contributed by atoms with van der Waals surface area (Å²) < 4.78 is 4.70. The maximum atomic E-state index is 12.9. The average molecular weight is 427 g/mol. The number of piperazine rings is 2. The van der Waals surface area contributed by atoms with Gasteiger partial charge in [-0.15, -0.1) is 11.3 Å². The van der Waals surface area contributed by atoms with Crippen LogP contribution in [0.25, 0.3) is 0 Å². The van der Waals surface area contributed by atoms with Crippen LogP contribution in [0.2, 0.25) is 0 Å². The van der Waals surface area contributed by atoms with Gasteiger partial charge in [0.1, 0.15) is 12.1 Å². The normalized spacial score (nSPS) is 21.1. The third-order valence-corrected chi connectivity index (χ3v) is 6.28. The van der Waals surface area contributed by atoms with Crippen LogP contribution in [0.15, 0.2) is 41.8 Å².